The van der Waals surface area contributed by atoms with Gasteiger partial charge in [0, 0.05) is 31.2 Å². The first-order chi connectivity index (χ1) is 10.5. The molecule has 1 atom stereocenters. The molecular weight excluding hydrogens is 361 g/mol. The van der Waals surface area contributed by atoms with E-state index in [1.807, 2.05) is 0 Å². The zero-order valence-electron chi connectivity index (χ0n) is 12.6. The number of halogens is 3. The first-order valence-electron chi connectivity index (χ1n) is 7.25. The van der Waals surface area contributed by atoms with E-state index < -0.39 is 0 Å². The second-order valence-corrected chi connectivity index (χ2v) is 6.14. The van der Waals surface area contributed by atoms with Gasteiger partial charge in [0.2, 0.25) is 5.91 Å². The molecular formula is C15H20Cl3N3O2. The second-order valence-electron chi connectivity index (χ2n) is 5.29. The molecule has 1 aliphatic heterocycles. The Morgan fingerprint density at radius 2 is 2.09 bits per heavy atom. The van der Waals surface area contributed by atoms with Gasteiger partial charge in [-0.1, -0.05) is 23.2 Å². The van der Waals surface area contributed by atoms with Crippen LogP contribution in [0.5, 0.6) is 0 Å². The number of hydrogen-bond donors (Lipinski definition) is 2. The van der Waals surface area contributed by atoms with E-state index in [0.29, 0.717) is 41.8 Å². The lowest BCUT2D eigenvalue weighted by Gasteiger charge is -2.32. The molecule has 128 valence electrons. The molecule has 1 aliphatic rings. The highest BCUT2D eigenvalue weighted by molar-refractivity contribution is 6.36. The smallest absolute Gasteiger partial charge is 0.255 e. The van der Waals surface area contributed by atoms with E-state index in [1.165, 1.54) is 0 Å². The molecule has 1 saturated heterocycles. The van der Waals surface area contributed by atoms with Crippen molar-refractivity contribution in [3.05, 3.63) is 33.8 Å². The van der Waals surface area contributed by atoms with Crippen molar-refractivity contribution in [2.75, 3.05) is 26.2 Å². The molecule has 8 heteroatoms. The molecule has 1 aromatic rings. The Bertz CT molecular complexity index is 569. The van der Waals surface area contributed by atoms with Gasteiger partial charge in [-0.25, -0.2) is 0 Å². The highest BCUT2D eigenvalue weighted by Crippen LogP contribution is 2.25. The molecule has 2 amide bonds. The number of amides is 2. The van der Waals surface area contributed by atoms with E-state index in [0.717, 1.165) is 12.8 Å². The largest absolute Gasteiger partial charge is 0.355 e. The van der Waals surface area contributed by atoms with Crippen molar-refractivity contribution in [2.24, 2.45) is 11.7 Å². The number of likely N-dealkylation sites (tertiary alicyclic amines) is 1. The Labute approximate surface area is 151 Å². The Balaban J connectivity index is 0.00000264. The molecule has 0 aromatic heterocycles. The summed E-state index contributed by atoms with van der Waals surface area (Å²) in [6, 6.07) is 4.80. The van der Waals surface area contributed by atoms with Crippen LogP contribution < -0.4 is 11.1 Å². The van der Waals surface area contributed by atoms with Gasteiger partial charge in [-0.15, -0.1) is 12.4 Å². The lowest BCUT2D eigenvalue weighted by molar-refractivity contribution is -0.126. The van der Waals surface area contributed by atoms with Crippen molar-refractivity contribution in [2.45, 2.75) is 12.8 Å². The zero-order valence-corrected chi connectivity index (χ0v) is 14.9. The number of nitrogens with one attached hydrogen (secondary N) is 1. The minimum absolute atomic E-state index is 0. The maximum Gasteiger partial charge on any atom is 0.255 e. The number of benzene rings is 1. The summed E-state index contributed by atoms with van der Waals surface area (Å²) < 4.78 is 0. The van der Waals surface area contributed by atoms with Crippen LogP contribution in [0.3, 0.4) is 0 Å². The van der Waals surface area contributed by atoms with Crippen LogP contribution in [-0.4, -0.2) is 42.9 Å². The number of nitrogens with zero attached hydrogens (tertiary/aromatic N) is 1. The third-order valence-corrected chi connectivity index (χ3v) is 4.23. The van der Waals surface area contributed by atoms with Gasteiger partial charge in [0.15, 0.2) is 0 Å². The van der Waals surface area contributed by atoms with Crippen molar-refractivity contribution in [3.63, 3.8) is 0 Å². The molecule has 1 fully saturated rings. The van der Waals surface area contributed by atoms with Gasteiger partial charge >= 0.3 is 0 Å². The van der Waals surface area contributed by atoms with Crippen LogP contribution in [-0.2, 0) is 4.79 Å². The predicted molar refractivity (Wildman–Crippen MR) is 94.4 cm³/mol. The van der Waals surface area contributed by atoms with Gasteiger partial charge in [0.25, 0.3) is 5.91 Å². The standard InChI is InChI=1S/C15H19Cl2N3O2.ClH/c16-11-3-4-12(13(17)8-11)15(22)20-7-1-2-10(9-20)14(21)19-6-5-18;/h3-4,8,10H,1-2,5-7,9,18H2,(H,19,21);1H. The molecule has 23 heavy (non-hydrogen) atoms. The average Bonchev–Trinajstić information content (AvgIpc) is 2.52. The fourth-order valence-electron chi connectivity index (χ4n) is 2.55. The summed E-state index contributed by atoms with van der Waals surface area (Å²) in [6.07, 6.45) is 1.56. The van der Waals surface area contributed by atoms with E-state index in [-0.39, 0.29) is 30.1 Å². The summed E-state index contributed by atoms with van der Waals surface area (Å²) in [7, 11) is 0. The normalized spacial score (nSPS) is 17.3. The SMILES string of the molecule is Cl.NCCNC(=O)C1CCCN(C(=O)c2ccc(Cl)cc2Cl)C1. The van der Waals surface area contributed by atoms with Crippen LogP contribution in [0.25, 0.3) is 0 Å². The Hall–Kier alpha value is -1.01. The maximum absolute atomic E-state index is 12.6. The topological polar surface area (TPSA) is 75.4 Å². The number of nitrogens with two attached hydrogens (primary N) is 1. The van der Waals surface area contributed by atoms with Gasteiger partial charge in [0.05, 0.1) is 16.5 Å². The van der Waals surface area contributed by atoms with E-state index in [2.05, 4.69) is 5.32 Å². The Kier molecular flexibility index (Phi) is 8.12. The number of carbonyl (C=O) groups excluding carboxylic acids is 2. The van der Waals surface area contributed by atoms with Crippen LogP contribution >= 0.6 is 35.6 Å². The van der Waals surface area contributed by atoms with Gasteiger partial charge < -0.3 is 16.0 Å². The maximum atomic E-state index is 12.6. The Morgan fingerprint density at radius 1 is 1.35 bits per heavy atom. The first kappa shape index (κ1) is 20.0. The molecule has 0 bridgehead atoms. The van der Waals surface area contributed by atoms with Gasteiger partial charge in [0.1, 0.15) is 0 Å². The van der Waals surface area contributed by atoms with Crippen molar-refractivity contribution >= 4 is 47.4 Å². The molecule has 1 unspecified atom stereocenters. The number of carbonyl (C=O) groups is 2. The molecule has 0 aliphatic carbocycles. The summed E-state index contributed by atoms with van der Waals surface area (Å²) in [6.45, 7) is 1.88. The molecule has 1 heterocycles. The molecule has 0 saturated carbocycles. The summed E-state index contributed by atoms with van der Waals surface area (Å²) in [5.41, 5.74) is 5.79. The lowest BCUT2D eigenvalue weighted by Crippen LogP contribution is -2.46. The van der Waals surface area contributed by atoms with Crippen LogP contribution in [0.15, 0.2) is 18.2 Å². The molecule has 5 nitrogen and oxygen atoms in total. The summed E-state index contributed by atoms with van der Waals surface area (Å²) >= 11 is 11.9. The molecule has 0 spiro atoms. The van der Waals surface area contributed by atoms with Crippen LogP contribution in [0.1, 0.15) is 23.2 Å². The minimum atomic E-state index is -0.199. The van der Waals surface area contributed by atoms with Crippen molar-refractivity contribution in [1.82, 2.24) is 10.2 Å². The molecule has 0 radical (unpaired) electrons. The van der Waals surface area contributed by atoms with Gasteiger partial charge in [-0.3, -0.25) is 9.59 Å². The summed E-state index contributed by atoms with van der Waals surface area (Å²) in [5, 5.41) is 3.59. The van der Waals surface area contributed by atoms with E-state index in [4.69, 9.17) is 28.9 Å². The minimum Gasteiger partial charge on any atom is -0.355 e. The quantitative estimate of drug-likeness (QED) is 0.842. The molecule has 2 rings (SSSR count). The number of hydrogen-bond acceptors (Lipinski definition) is 3. The monoisotopic (exact) mass is 379 g/mol. The fraction of sp³-hybridized carbons (Fsp3) is 0.467. The van der Waals surface area contributed by atoms with Gasteiger partial charge in [-0.05, 0) is 31.0 Å². The highest BCUT2D eigenvalue weighted by Gasteiger charge is 2.29. The Morgan fingerprint density at radius 3 is 2.74 bits per heavy atom. The van der Waals surface area contributed by atoms with Crippen molar-refractivity contribution in [1.29, 1.82) is 0 Å². The van der Waals surface area contributed by atoms with E-state index in [9.17, 15) is 9.59 Å². The third-order valence-electron chi connectivity index (χ3n) is 3.68. The van der Waals surface area contributed by atoms with Crippen LogP contribution in [0, 0.1) is 5.92 Å². The highest BCUT2D eigenvalue weighted by atomic mass is 35.5. The molecule has 3 N–H and O–H groups in total. The number of rotatable bonds is 4. The van der Waals surface area contributed by atoms with E-state index >= 15 is 0 Å². The number of piperidine rings is 1. The summed E-state index contributed by atoms with van der Waals surface area (Å²) in [5.74, 6) is -0.418. The fourth-order valence-corrected chi connectivity index (χ4v) is 3.04. The average molecular weight is 381 g/mol. The first-order valence-corrected chi connectivity index (χ1v) is 8.00. The summed E-state index contributed by atoms with van der Waals surface area (Å²) in [4.78, 5) is 26.3. The third kappa shape index (κ3) is 5.24. The van der Waals surface area contributed by atoms with Gasteiger partial charge in [-0.2, -0.15) is 0 Å². The van der Waals surface area contributed by atoms with Crippen LogP contribution in [0.2, 0.25) is 10.0 Å². The van der Waals surface area contributed by atoms with E-state index in [1.54, 1.807) is 23.1 Å². The van der Waals surface area contributed by atoms with Crippen LogP contribution in [0.4, 0.5) is 0 Å². The van der Waals surface area contributed by atoms with Crippen molar-refractivity contribution in [3.8, 4) is 0 Å². The predicted octanol–water partition coefficient (Wildman–Crippen LogP) is 2.34. The lowest BCUT2D eigenvalue weighted by atomic mass is 9.96. The second kappa shape index (κ2) is 9.33. The zero-order chi connectivity index (χ0) is 16.1. The van der Waals surface area contributed by atoms with Crippen molar-refractivity contribution < 1.29 is 9.59 Å². The molecule has 1 aromatic carbocycles.